The number of carbonyl (C=O) groups excluding carboxylic acids is 2. The maximum atomic E-state index is 14.2. The van der Waals surface area contributed by atoms with Gasteiger partial charge in [0, 0.05) is 86.8 Å². The number of nitrogens with zero attached hydrogens (tertiary/aromatic N) is 10. The van der Waals surface area contributed by atoms with Crippen LogP contribution in [0, 0.1) is 24.7 Å². The molecule has 7 aromatic rings. The SMILES string of the molecule is Cc1ncsc1-c1ccc([C@H](C)NC(=O)[C@@H]2C[C@@H](O)CN2C(=O)[C@H](c2cc(OCC#Cc3ccc(OC4CC(Oc5cc(N6C7CCC6CN(c6cc(-c8ccccc8O)nnc6N)C7)ccn5)C4)cn3)no2)C(C)C)cn1. The van der Waals surface area contributed by atoms with Crippen molar-refractivity contribution >= 4 is 40.3 Å². The summed E-state index contributed by atoms with van der Waals surface area (Å²) in [6, 6.07) is 21.3. The molecule has 1 aromatic carbocycles. The molecule has 20 nitrogen and oxygen atoms in total. The highest BCUT2D eigenvalue weighted by molar-refractivity contribution is 7.13. The molecule has 2 amide bonds. The number of anilines is 3. The largest absolute Gasteiger partial charge is 0.507 e. The molecule has 1 saturated carbocycles. The van der Waals surface area contributed by atoms with Crippen molar-refractivity contribution < 1.29 is 38.5 Å². The number of aliphatic hydroxyl groups excluding tert-OH is 1. The summed E-state index contributed by atoms with van der Waals surface area (Å²) in [7, 11) is 0. The summed E-state index contributed by atoms with van der Waals surface area (Å²) in [6.07, 6.45) is 7.86. The van der Waals surface area contributed by atoms with Crippen LogP contribution in [0.1, 0.15) is 87.5 Å². The molecule has 5 N–H and O–H groups in total. The Bertz CT molecular complexity index is 3330. The quantitative estimate of drug-likeness (QED) is 0.0719. The van der Waals surface area contributed by atoms with Gasteiger partial charge in [0.1, 0.15) is 41.4 Å². The normalized spacial score (nSPS) is 21.3. The van der Waals surface area contributed by atoms with Crippen LogP contribution in [0.2, 0.25) is 0 Å². The molecule has 2 unspecified atom stereocenters. The van der Waals surface area contributed by atoms with Crippen molar-refractivity contribution in [2.24, 2.45) is 5.92 Å². The Hall–Kier alpha value is -8.35. The molecule has 4 aliphatic rings. The van der Waals surface area contributed by atoms with Gasteiger partial charge in [-0.05, 0) is 91.7 Å². The number of para-hydroxylation sites is 1. The van der Waals surface area contributed by atoms with Crippen LogP contribution in [0.3, 0.4) is 0 Å². The molecule has 4 fully saturated rings. The molecule has 0 radical (unpaired) electrons. The highest BCUT2D eigenvalue weighted by atomic mass is 32.1. The van der Waals surface area contributed by atoms with Gasteiger partial charge < -0.3 is 54.7 Å². The Morgan fingerprint density at radius 3 is 2.42 bits per heavy atom. The number of nitrogens with one attached hydrogen (secondary N) is 1. The number of thiazole rings is 1. The van der Waals surface area contributed by atoms with Gasteiger partial charge in [0.15, 0.2) is 18.2 Å². The first-order valence-electron chi connectivity index (χ1n) is 26.3. The summed E-state index contributed by atoms with van der Waals surface area (Å²) in [5.41, 5.74) is 14.3. The van der Waals surface area contributed by atoms with E-state index >= 15 is 0 Å². The molecule has 0 spiro atoms. The third-order valence-corrected chi connectivity index (χ3v) is 15.9. The maximum absolute atomic E-state index is 14.2. The fourth-order valence-electron chi connectivity index (χ4n) is 10.9. The van der Waals surface area contributed by atoms with E-state index in [1.807, 2.05) is 82.4 Å². The van der Waals surface area contributed by atoms with Gasteiger partial charge in [0.05, 0.1) is 51.5 Å². The number of β-amino-alcohol motifs (C(OH)–C–C–N with tert-alkyl or cyclic N) is 1. The number of hydrogen-bond donors (Lipinski definition) is 4. The molecule has 402 valence electrons. The first-order valence-corrected chi connectivity index (χ1v) is 27.1. The second kappa shape index (κ2) is 22.3. The molecular formula is C57H60N12O8S. The summed E-state index contributed by atoms with van der Waals surface area (Å²) in [5, 5.41) is 36.7. The van der Waals surface area contributed by atoms with Gasteiger partial charge in [-0.25, -0.2) is 15.0 Å². The van der Waals surface area contributed by atoms with Crippen molar-refractivity contribution in [1.82, 2.24) is 45.5 Å². The number of piperazine rings is 1. The minimum atomic E-state index is -0.880. The zero-order chi connectivity index (χ0) is 54.0. The fraction of sp³-hybridized carbons (Fsp3) is 0.386. The number of carbonyl (C=O) groups is 2. The highest BCUT2D eigenvalue weighted by Crippen LogP contribution is 2.41. The second-order valence-corrected chi connectivity index (χ2v) is 21.5. The minimum absolute atomic E-state index is 0.00979. The van der Waals surface area contributed by atoms with Gasteiger partial charge in [-0.15, -0.1) is 21.5 Å². The molecule has 2 bridgehead atoms. The number of phenols is 1. The smallest absolute Gasteiger partial charge is 0.255 e. The number of ether oxygens (including phenoxy) is 3. The van der Waals surface area contributed by atoms with E-state index in [0.29, 0.717) is 47.2 Å². The lowest BCUT2D eigenvalue weighted by Gasteiger charge is -2.43. The number of aryl methyl sites for hydroxylation is 1. The van der Waals surface area contributed by atoms with Crippen LogP contribution < -0.4 is 35.1 Å². The van der Waals surface area contributed by atoms with E-state index in [4.69, 9.17) is 24.5 Å². The zero-order valence-electron chi connectivity index (χ0n) is 43.6. The van der Waals surface area contributed by atoms with Gasteiger partial charge in [-0.1, -0.05) is 38.0 Å². The van der Waals surface area contributed by atoms with Crippen molar-refractivity contribution in [2.45, 2.75) is 108 Å². The van der Waals surface area contributed by atoms with Gasteiger partial charge in [0.2, 0.25) is 17.7 Å². The van der Waals surface area contributed by atoms with Gasteiger partial charge in [0.25, 0.3) is 5.88 Å². The molecule has 21 heteroatoms. The van der Waals surface area contributed by atoms with Crippen LogP contribution in [-0.2, 0) is 9.59 Å². The second-order valence-electron chi connectivity index (χ2n) is 20.6. The van der Waals surface area contributed by atoms with Gasteiger partial charge in [-0.3, -0.25) is 14.6 Å². The molecule has 9 heterocycles. The number of amides is 2. The number of nitrogens with two attached hydrogens (primary N) is 1. The number of benzene rings is 1. The Morgan fingerprint density at radius 2 is 1.69 bits per heavy atom. The zero-order valence-corrected chi connectivity index (χ0v) is 44.4. The maximum Gasteiger partial charge on any atom is 0.255 e. The standard InChI is InChI=1S/C57H60N12O8S/c1-32(2)53(57(73)68-30-40(70)21-48(68)56(72)63-33(3)35-11-16-45(61-26-35)54-34(4)62-31-78-54)50-25-52(66-77-50)74-19-7-8-36-12-15-41(27-60-36)75-42-22-43(23-42)76-51-20-37(17-18-59-51)69-38-13-14-39(69)29-67(28-38)47-24-46(64-65-55(47)58)44-9-5-6-10-49(44)71/h5-6,9-12,15-18,20,24-27,31-33,38-40,42-43,48,53,70-71H,13-14,19,21-23,28-30H2,1-4H3,(H2,58,65)(H,63,72)/t33-,38?,39?,40+,42?,43?,48-,53-/m0/s1. The van der Waals surface area contributed by atoms with Crippen molar-refractivity contribution in [3.8, 4) is 56.9 Å². The lowest BCUT2D eigenvalue weighted by molar-refractivity contribution is -0.141. The van der Waals surface area contributed by atoms with Gasteiger partial charge in [-0.2, -0.15) is 0 Å². The predicted octanol–water partition coefficient (Wildman–Crippen LogP) is 6.89. The molecular weight excluding hydrogens is 1010 g/mol. The Morgan fingerprint density at radius 1 is 0.885 bits per heavy atom. The number of pyridine rings is 3. The highest BCUT2D eigenvalue weighted by Gasteiger charge is 2.44. The molecule has 6 aromatic heterocycles. The van der Waals surface area contributed by atoms with E-state index in [-0.39, 0.29) is 79.0 Å². The Balaban J connectivity index is 0.627. The van der Waals surface area contributed by atoms with Crippen molar-refractivity contribution in [3.63, 3.8) is 0 Å². The number of nitrogen functional groups attached to an aromatic ring is 1. The summed E-state index contributed by atoms with van der Waals surface area (Å²) in [5.74, 6) is 6.38. The van der Waals surface area contributed by atoms with Crippen molar-refractivity contribution in [1.29, 1.82) is 0 Å². The van der Waals surface area contributed by atoms with Crippen LogP contribution in [-0.4, -0.2) is 125 Å². The molecule has 11 rings (SSSR count). The lowest BCUT2D eigenvalue weighted by atomic mass is 9.91. The number of aromatic nitrogens is 7. The number of phenolic OH excluding ortho intramolecular Hbond substituents is 1. The number of fused-ring (bicyclic) bond motifs is 2. The average Bonchev–Trinajstić information content (AvgIpc) is 4.28. The van der Waals surface area contributed by atoms with Crippen LogP contribution in [0.5, 0.6) is 23.3 Å². The van der Waals surface area contributed by atoms with Crippen LogP contribution in [0.15, 0.2) is 101 Å². The van der Waals surface area contributed by atoms with Crippen molar-refractivity contribution in [2.75, 3.05) is 41.8 Å². The topological polar surface area (TPSA) is 253 Å². The minimum Gasteiger partial charge on any atom is -0.507 e. The van der Waals surface area contributed by atoms with E-state index in [2.05, 4.69) is 62.2 Å². The van der Waals surface area contributed by atoms with Crippen LogP contribution in [0.4, 0.5) is 17.2 Å². The monoisotopic (exact) mass is 1070 g/mol. The number of aromatic hydroxyl groups is 1. The fourth-order valence-corrected chi connectivity index (χ4v) is 11.7. The van der Waals surface area contributed by atoms with Gasteiger partial charge >= 0.3 is 0 Å². The van der Waals surface area contributed by atoms with Crippen LogP contribution >= 0.6 is 11.3 Å². The Kier molecular flexibility index (Phi) is 14.8. The summed E-state index contributed by atoms with van der Waals surface area (Å²) in [4.78, 5) is 53.0. The molecule has 3 aliphatic heterocycles. The lowest BCUT2D eigenvalue weighted by Crippen LogP contribution is -2.54. The molecule has 1 aliphatic carbocycles. The first-order chi connectivity index (χ1) is 37.8. The number of aliphatic hydroxyl groups is 1. The molecule has 6 atom stereocenters. The number of rotatable bonds is 16. The van der Waals surface area contributed by atoms with E-state index in [1.54, 1.807) is 42.2 Å². The third kappa shape index (κ3) is 11.1. The van der Waals surface area contributed by atoms with E-state index < -0.39 is 24.1 Å². The summed E-state index contributed by atoms with van der Waals surface area (Å²) < 4.78 is 24.0. The summed E-state index contributed by atoms with van der Waals surface area (Å²) >= 11 is 1.52. The predicted molar refractivity (Wildman–Crippen MR) is 291 cm³/mol. The first kappa shape index (κ1) is 51.7. The summed E-state index contributed by atoms with van der Waals surface area (Å²) in [6.45, 7) is 9.09. The average molecular weight is 1070 g/mol. The van der Waals surface area contributed by atoms with E-state index in [1.165, 1.54) is 16.2 Å². The Labute approximate surface area is 455 Å². The number of likely N-dealkylation sites (tertiary alicyclic amines) is 1. The third-order valence-electron chi connectivity index (χ3n) is 14.9. The van der Waals surface area contributed by atoms with Crippen molar-refractivity contribution in [3.05, 3.63) is 120 Å². The van der Waals surface area contributed by atoms with E-state index in [9.17, 15) is 19.8 Å². The van der Waals surface area contributed by atoms with Crippen LogP contribution in [0.25, 0.3) is 21.8 Å². The molecule has 78 heavy (non-hydrogen) atoms. The molecule has 3 saturated heterocycles. The number of hydrogen-bond acceptors (Lipinski definition) is 19. The van der Waals surface area contributed by atoms with E-state index in [0.717, 1.165) is 59.1 Å².